The van der Waals surface area contributed by atoms with Crippen molar-refractivity contribution in [1.29, 1.82) is 0 Å². The molecule has 0 aliphatic carbocycles. The SMILES string of the molecule is [2H]C([2H])([2H])n1nnc2cc(O)ccc21. The summed E-state index contributed by atoms with van der Waals surface area (Å²) in [6.45, 7) is -2.34. The van der Waals surface area contributed by atoms with Crippen molar-refractivity contribution in [2.45, 2.75) is 0 Å². The van der Waals surface area contributed by atoms with Gasteiger partial charge in [-0.1, -0.05) is 5.21 Å². The van der Waals surface area contributed by atoms with Gasteiger partial charge >= 0.3 is 0 Å². The first-order valence-corrected chi connectivity index (χ1v) is 3.03. The van der Waals surface area contributed by atoms with Gasteiger partial charge in [-0.15, -0.1) is 5.10 Å². The Morgan fingerprint density at radius 2 is 2.55 bits per heavy atom. The zero-order valence-corrected chi connectivity index (χ0v) is 5.52. The Balaban J connectivity index is 2.70. The largest absolute Gasteiger partial charge is 0.508 e. The van der Waals surface area contributed by atoms with Crippen LogP contribution in [0.15, 0.2) is 18.2 Å². The van der Waals surface area contributed by atoms with E-state index in [1.807, 2.05) is 0 Å². The van der Waals surface area contributed by atoms with Gasteiger partial charge in [-0.25, -0.2) is 4.68 Å². The van der Waals surface area contributed by atoms with Gasteiger partial charge in [-0.3, -0.25) is 0 Å². The first kappa shape index (κ1) is 3.71. The topological polar surface area (TPSA) is 50.9 Å². The van der Waals surface area contributed by atoms with Crippen molar-refractivity contribution >= 4 is 11.0 Å². The van der Waals surface area contributed by atoms with E-state index < -0.39 is 6.98 Å². The maximum atomic E-state index is 9.12. The van der Waals surface area contributed by atoms with E-state index in [1.165, 1.54) is 18.2 Å². The Bertz CT molecular complexity index is 476. The maximum Gasteiger partial charge on any atom is 0.117 e. The third kappa shape index (κ3) is 0.832. The van der Waals surface area contributed by atoms with E-state index in [0.717, 1.165) is 4.68 Å². The molecule has 0 spiro atoms. The highest BCUT2D eigenvalue weighted by Crippen LogP contribution is 2.15. The highest BCUT2D eigenvalue weighted by Gasteiger charge is 1.99. The van der Waals surface area contributed by atoms with Gasteiger partial charge in [0.05, 0.1) is 5.52 Å². The second kappa shape index (κ2) is 1.95. The molecule has 1 heterocycles. The van der Waals surface area contributed by atoms with Gasteiger partial charge in [-0.2, -0.15) is 0 Å². The highest BCUT2D eigenvalue weighted by molar-refractivity contribution is 5.75. The van der Waals surface area contributed by atoms with E-state index in [-0.39, 0.29) is 5.75 Å². The van der Waals surface area contributed by atoms with Crippen LogP contribution in [0.1, 0.15) is 4.11 Å². The summed E-state index contributed by atoms with van der Waals surface area (Å²) in [5, 5.41) is 16.3. The van der Waals surface area contributed by atoms with Gasteiger partial charge in [0.1, 0.15) is 11.3 Å². The summed E-state index contributed by atoms with van der Waals surface area (Å²) in [5.41, 5.74) is 0.740. The molecule has 0 atom stereocenters. The normalized spacial score (nSPS) is 15.8. The van der Waals surface area contributed by atoms with Gasteiger partial charge in [0.25, 0.3) is 0 Å². The third-order valence-electron chi connectivity index (χ3n) is 1.43. The monoisotopic (exact) mass is 152 g/mol. The predicted molar refractivity (Wildman–Crippen MR) is 40.2 cm³/mol. The van der Waals surface area contributed by atoms with Gasteiger partial charge in [0.2, 0.25) is 0 Å². The van der Waals surface area contributed by atoms with Crippen LogP contribution in [-0.4, -0.2) is 20.1 Å². The molecule has 56 valence electrons. The van der Waals surface area contributed by atoms with E-state index in [1.54, 1.807) is 0 Å². The second-order valence-corrected chi connectivity index (χ2v) is 2.17. The number of aryl methyl sites for hydroxylation is 1. The third-order valence-corrected chi connectivity index (χ3v) is 1.43. The van der Waals surface area contributed by atoms with Crippen LogP contribution < -0.4 is 0 Å². The lowest BCUT2D eigenvalue weighted by atomic mass is 10.3. The summed E-state index contributed by atoms with van der Waals surface area (Å²) >= 11 is 0. The summed E-state index contributed by atoms with van der Waals surface area (Å²) in [7, 11) is 0. The van der Waals surface area contributed by atoms with E-state index >= 15 is 0 Å². The molecule has 0 fully saturated rings. The molecule has 0 unspecified atom stereocenters. The Morgan fingerprint density at radius 1 is 1.64 bits per heavy atom. The van der Waals surface area contributed by atoms with Crippen LogP contribution in [0.5, 0.6) is 5.75 Å². The van der Waals surface area contributed by atoms with Crippen LogP contribution in [0.4, 0.5) is 0 Å². The zero-order chi connectivity index (χ0) is 10.3. The number of phenolic OH excluding ortho intramolecular Hbond substituents is 1. The molecule has 1 aromatic heterocycles. The van der Waals surface area contributed by atoms with Crippen molar-refractivity contribution in [2.75, 3.05) is 0 Å². The molecule has 1 aromatic carbocycles. The van der Waals surface area contributed by atoms with Crippen molar-refractivity contribution in [3.8, 4) is 5.75 Å². The number of hydrogen-bond acceptors (Lipinski definition) is 3. The van der Waals surface area contributed by atoms with Crippen LogP contribution in [-0.2, 0) is 6.98 Å². The van der Waals surface area contributed by atoms with Gasteiger partial charge < -0.3 is 5.11 Å². The molecule has 0 radical (unpaired) electrons. The van der Waals surface area contributed by atoms with Gasteiger partial charge in [0.15, 0.2) is 0 Å². The number of aromatic nitrogens is 3. The Hall–Kier alpha value is -1.58. The first-order chi connectivity index (χ1) is 6.48. The molecule has 2 rings (SSSR count). The van der Waals surface area contributed by atoms with Crippen molar-refractivity contribution in [1.82, 2.24) is 15.0 Å². The van der Waals surface area contributed by atoms with Crippen molar-refractivity contribution in [2.24, 2.45) is 6.98 Å². The summed E-state index contributed by atoms with van der Waals surface area (Å²) in [6.07, 6.45) is 0. The van der Waals surface area contributed by atoms with Crippen molar-refractivity contribution in [3.05, 3.63) is 18.2 Å². The van der Waals surface area contributed by atoms with E-state index in [2.05, 4.69) is 10.3 Å². The molecule has 4 nitrogen and oxygen atoms in total. The fourth-order valence-corrected chi connectivity index (χ4v) is 0.912. The van der Waals surface area contributed by atoms with Gasteiger partial charge in [-0.05, 0) is 12.1 Å². The fraction of sp³-hybridized carbons (Fsp3) is 0.143. The maximum absolute atomic E-state index is 9.12. The minimum atomic E-state index is -2.34. The molecule has 4 heteroatoms. The predicted octanol–water partition coefficient (Wildman–Crippen LogP) is 0.674. The van der Waals surface area contributed by atoms with Crippen LogP contribution >= 0.6 is 0 Å². The fourth-order valence-electron chi connectivity index (χ4n) is 0.912. The lowest BCUT2D eigenvalue weighted by molar-refractivity contribution is 0.476. The molecule has 0 aliphatic heterocycles. The number of phenols is 1. The Morgan fingerprint density at radius 3 is 3.36 bits per heavy atom. The zero-order valence-electron chi connectivity index (χ0n) is 8.52. The summed E-state index contributed by atoms with van der Waals surface area (Å²) in [6, 6.07) is 4.23. The quantitative estimate of drug-likeness (QED) is 0.603. The molecule has 0 saturated carbocycles. The van der Waals surface area contributed by atoms with Gasteiger partial charge in [0, 0.05) is 17.2 Å². The van der Waals surface area contributed by atoms with Crippen LogP contribution in [0.3, 0.4) is 0 Å². The number of benzene rings is 1. The van der Waals surface area contributed by atoms with E-state index in [4.69, 9.17) is 9.22 Å². The summed E-state index contributed by atoms with van der Waals surface area (Å²) in [4.78, 5) is 0. The minimum Gasteiger partial charge on any atom is -0.508 e. The molecule has 0 amide bonds. The smallest absolute Gasteiger partial charge is 0.117 e. The number of hydrogen-bond donors (Lipinski definition) is 1. The molecule has 1 N–H and O–H groups in total. The highest BCUT2D eigenvalue weighted by atomic mass is 16.3. The van der Waals surface area contributed by atoms with E-state index in [0.29, 0.717) is 11.0 Å². The summed E-state index contributed by atoms with van der Waals surface area (Å²) < 4.78 is 22.3. The lowest BCUT2D eigenvalue weighted by Gasteiger charge is -1.91. The molecule has 2 aromatic rings. The number of fused-ring (bicyclic) bond motifs is 1. The Kier molecular flexibility index (Phi) is 0.657. The van der Waals surface area contributed by atoms with Crippen LogP contribution in [0.2, 0.25) is 0 Å². The van der Waals surface area contributed by atoms with E-state index in [9.17, 15) is 0 Å². The first-order valence-electron chi connectivity index (χ1n) is 4.53. The molecular formula is C7H7N3O. The second-order valence-electron chi connectivity index (χ2n) is 2.17. The standard InChI is InChI=1S/C7H7N3O/c1-10-7-3-2-5(11)4-6(7)8-9-10/h2-4,11H,1H3/i1D3. The average Bonchev–Trinajstić information content (AvgIpc) is 2.45. The molecule has 0 saturated heterocycles. The number of nitrogens with zero attached hydrogens (tertiary/aromatic N) is 3. The Labute approximate surface area is 67.3 Å². The van der Waals surface area contributed by atoms with Crippen molar-refractivity contribution in [3.63, 3.8) is 0 Å². The van der Waals surface area contributed by atoms with Crippen LogP contribution in [0, 0.1) is 0 Å². The molecular weight excluding hydrogens is 142 g/mol. The molecule has 11 heavy (non-hydrogen) atoms. The van der Waals surface area contributed by atoms with Crippen LogP contribution in [0.25, 0.3) is 11.0 Å². The summed E-state index contributed by atoms with van der Waals surface area (Å²) in [5.74, 6) is 0.0371. The minimum absolute atomic E-state index is 0.0371. The molecule has 0 aliphatic rings. The average molecular weight is 152 g/mol. The lowest BCUT2D eigenvalue weighted by Crippen LogP contribution is -1.88. The molecule has 0 bridgehead atoms. The number of rotatable bonds is 0. The number of aromatic hydroxyl groups is 1. The van der Waals surface area contributed by atoms with Crippen molar-refractivity contribution < 1.29 is 9.22 Å².